The molecule has 0 aromatic heterocycles. The van der Waals surface area contributed by atoms with Crippen LogP contribution < -0.4 is 0 Å². The third kappa shape index (κ3) is 42.1. The van der Waals surface area contributed by atoms with E-state index < -0.39 is 16.4 Å². The monoisotopic (exact) mass is 280 g/mol. The van der Waals surface area contributed by atoms with Gasteiger partial charge in [-0.1, -0.05) is 6.58 Å². The molecule has 0 aromatic rings. The van der Waals surface area contributed by atoms with Gasteiger partial charge in [-0.2, -0.15) is 8.42 Å². The van der Waals surface area contributed by atoms with Crippen molar-refractivity contribution in [1.29, 1.82) is 0 Å². The third-order valence-electron chi connectivity index (χ3n) is 0.713. The van der Waals surface area contributed by atoms with Crippen LogP contribution in [0.15, 0.2) is 12.7 Å². The first-order chi connectivity index (χ1) is 6.31. The van der Waals surface area contributed by atoms with Crippen molar-refractivity contribution >= 4 is 16.4 Å². The predicted octanol–water partition coefficient (Wildman–Crippen LogP) is -0.557. The maximum atomic E-state index is 10.3. The summed E-state index contributed by atoms with van der Waals surface area (Å²) < 4.78 is 36.1. The Morgan fingerprint density at radius 2 is 1.80 bits per heavy atom. The average Bonchev–Trinajstić information content (AvgIpc) is 2.01. The number of hydrogen-bond donors (Lipinski definition) is 3. The van der Waals surface area contributed by atoms with Crippen LogP contribution in [0.1, 0.15) is 6.42 Å². The van der Waals surface area contributed by atoms with Crippen LogP contribution in [0.5, 0.6) is 0 Å². The Bertz CT molecular complexity index is 253. The molecule has 90 valence electrons. The minimum absolute atomic E-state index is 0. The van der Waals surface area contributed by atoms with Crippen molar-refractivity contribution < 1.29 is 49.5 Å². The fourth-order valence-electron chi connectivity index (χ4n) is 0.296. The Morgan fingerprint density at radius 3 is 2.07 bits per heavy atom. The van der Waals surface area contributed by atoms with Gasteiger partial charge in [-0.15, -0.1) is 0 Å². The molecule has 0 aliphatic carbocycles. The van der Waals surface area contributed by atoms with Crippen LogP contribution >= 0.6 is 0 Å². The van der Waals surface area contributed by atoms with Gasteiger partial charge in [-0.25, -0.2) is 4.79 Å². The summed E-state index contributed by atoms with van der Waals surface area (Å²) in [6.45, 7) is 3.51. The van der Waals surface area contributed by atoms with E-state index in [1.54, 1.807) is 0 Å². The molecule has 0 saturated heterocycles. The van der Waals surface area contributed by atoms with Crippen LogP contribution in [-0.4, -0.2) is 41.8 Å². The molecule has 0 radical (unpaired) electrons. The quantitative estimate of drug-likeness (QED) is 0.273. The Labute approximate surface area is 98.5 Å². The van der Waals surface area contributed by atoms with Crippen molar-refractivity contribution in [3.63, 3.8) is 0 Å². The molecule has 0 fully saturated rings. The fourth-order valence-corrected chi connectivity index (χ4v) is 0.296. The average molecular weight is 280 g/mol. The molecule has 0 bridgehead atoms. The molecule has 9 heteroatoms. The second kappa shape index (κ2) is 11.6. The first-order valence-corrected chi connectivity index (χ1v) is 4.81. The summed E-state index contributed by atoms with van der Waals surface area (Å²) in [6.07, 6.45) is 1.58. The van der Waals surface area contributed by atoms with Gasteiger partial charge in [0.2, 0.25) is 0 Å². The number of esters is 1. The van der Waals surface area contributed by atoms with Crippen LogP contribution in [0.3, 0.4) is 0 Å². The smallest absolute Gasteiger partial charge is 0.394 e. The Hall–Kier alpha value is -0.428. The summed E-state index contributed by atoms with van der Waals surface area (Å²) in [5.74, 6) is -0.441. The SMILES string of the molecule is C=CC(=O)OCCCO.O=S(=O)(O)O.[Cr]. The van der Waals surface area contributed by atoms with E-state index >= 15 is 0 Å². The van der Waals surface area contributed by atoms with Crippen molar-refractivity contribution in [2.45, 2.75) is 6.42 Å². The van der Waals surface area contributed by atoms with Gasteiger partial charge in [-0.05, 0) is 0 Å². The Morgan fingerprint density at radius 1 is 1.40 bits per heavy atom. The van der Waals surface area contributed by atoms with Gasteiger partial charge in [0.15, 0.2) is 0 Å². The number of aliphatic hydroxyl groups is 1. The molecule has 0 aliphatic rings. The van der Waals surface area contributed by atoms with Gasteiger partial charge < -0.3 is 9.84 Å². The molecule has 0 unspecified atom stereocenters. The molecule has 0 spiro atoms. The van der Waals surface area contributed by atoms with Crippen LogP contribution in [0, 0.1) is 0 Å². The van der Waals surface area contributed by atoms with Gasteiger partial charge in [0.25, 0.3) is 0 Å². The van der Waals surface area contributed by atoms with Crippen molar-refractivity contribution in [3.8, 4) is 0 Å². The summed E-state index contributed by atoms with van der Waals surface area (Å²) in [7, 11) is -4.67. The molecule has 0 aromatic carbocycles. The number of rotatable bonds is 4. The Kier molecular flexibility index (Phi) is 15.6. The van der Waals surface area contributed by atoms with Crippen molar-refractivity contribution in [2.24, 2.45) is 0 Å². The van der Waals surface area contributed by atoms with Gasteiger partial charge in [0.1, 0.15) is 0 Å². The van der Waals surface area contributed by atoms with Gasteiger partial charge in [-0.3, -0.25) is 9.11 Å². The van der Waals surface area contributed by atoms with E-state index in [1.165, 1.54) is 0 Å². The van der Waals surface area contributed by atoms with Crippen molar-refractivity contribution in [1.82, 2.24) is 0 Å². The molecule has 0 heterocycles. The summed E-state index contributed by atoms with van der Waals surface area (Å²) in [5, 5.41) is 8.23. The normalized spacial score (nSPS) is 9.00. The first kappa shape index (κ1) is 20.0. The summed E-state index contributed by atoms with van der Waals surface area (Å²) >= 11 is 0. The molecule has 0 amide bonds. The maximum Gasteiger partial charge on any atom is 0.394 e. The number of aliphatic hydroxyl groups excluding tert-OH is 1. The van der Waals surface area contributed by atoms with E-state index in [0.717, 1.165) is 6.08 Å². The molecule has 0 rings (SSSR count). The molecular weight excluding hydrogens is 268 g/mol. The molecule has 3 N–H and O–H groups in total. The second-order valence-electron chi connectivity index (χ2n) is 1.90. The molecule has 0 aliphatic heterocycles. The van der Waals surface area contributed by atoms with Crippen LogP contribution in [0.25, 0.3) is 0 Å². The number of ether oxygens (including phenoxy) is 1. The van der Waals surface area contributed by atoms with Gasteiger partial charge in [0.05, 0.1) is 6.61 Å². The largest absolute Gasteiger partial charge is 0.462 e. The topological polar surface area (TPSA) is 121 Å². The Balaban J connectivity index is -0.000000208. The standard InChI is InChI=1S/C6H10O3.Cr.H2O4S/c1-2-6(8)9-5-3-4-7;;1-5(2,3)4/h2,7H,1,3-5H2;;(H2,1,2,3,4). The molecule has 0 atom stereocenters. The number of carbonyl (C=O) groups excluding carboxylic acids is 1. The molecule has 15 heavy (non-hydrogen) atoms. The number of carbonyl (C=O) groups is 1. The van der Waals surface area contributed by atoms with Crippen LogP contribution in [0.2, 0.25) is 0 Å². The van der Waals surface area contributed by atoms with Crippen LogP contribution in [-0.2, 0) is 37.3 Å². The van der Waals surface area contributed by atoms with E-state index in [0.29, 0.717) is 6.42 Å². The number of hydrogen-bond acceptors (Lipinski definition) is 5. The molecule has 0 saturated carbocycles. The molecule has 7 nitrogen and oxygen atoms in total. The summed E-state index contributed by atoms with van der Waals surface area (Å²) in [5.41, 5.74) is 0. The van der Waals surface area contributed by atoms with Crippen LogP contribution in [0.4, 0.5) is 0 Å². The fraction of sp³-hybridized carbons (Fsp3) is 0.500. The maximum absolute atomic E-state index is 10.3. The predicted molar refractivity (Wildman–Crippen MR) is 47.0 cm³/mol. The molecular formula is C6H12CrO7S. The summed E-state index contributed by atoms with van der Waals surface area (Å²) in [4.78, 5) is 10.3. The van der Waals surface area contributed by atoms with E-state index in [1.807, 2.05) is 0 Å². The van der Waals surface area contributed by atoms with E-state index in [2.05, 4.69) is 11.3 Å². The summed E-state index contributed by atoms with van der Waals surface area (Å²) in [6, 6.07) is 0. The van der Waals surface area contributed by atoms with E-state index in [4.69, 9.17) is 22.6 Å². The van der Waals surface area contributed by atoms with Crippen molar-refractivity contribution in [3.05, 3.63) is 12.7 Å². The van der Waals surface area contributed by atoms with Crippen molar-refractivity contribution in [2.75, 3.05) is 13.2 Å². The minimum atomic E-state index is -4.67. The van der Waals surface area contributed by atoms with Gasteiger partial charge >= 0.3 is 16.4 Å². The first-order valence-electron chi connectivity index (χ1n) is 3.41. The second-order valence-corrected chi connectivity index (χ2v) is 2.79. The zero-order valence-corrected chi connectivity index (χ0v) is 9.79. The van der Waals surface area contributed by atoms with E-state index in [9.17, 15) is 4.79 Å². The van der Waals surface area contributed by atoms with E-state index in [-0.39, 0.29) is 30.6 Å². The minimum Gasteiger partial charge on any atom is -0.462 e. The zero-order valence-electron chi connectivity index (χ0n) is 7.70. The zero-order chi connectivity index (χ0) is 11.6. The van der Waals surface area contributed by atoms with Gasteiger partial charge in [0, 0.05) is 36.5 Å². The third-order valence-corrected chi connectivity index (χ3v) is 0.713.